The summed E-state index contributed by atoms with van der Waals surface area (Å²) in [5.74, 6) is 1.10. The lowest BCUT2D eigenvalue weighted by Gasteiger charge is -2.42. The van der Waals surface area contributed by atoms with Crippen molar-refractivity contribution in [3.05, 3.63) is 30.4 Å². The molecule has 6 rings (SSSR count). The predicted octanol–water partition coefficient (Wildman–Crippen LogP) is 2.09. The fourth-order valence-electron chi connectivity index (χ4n) is 5.60. The first-order chi connectivity index (χ1) is 18.0. The second-order valence-electron chi connectivity index (χ2n) is 10.7. The van der Waals surface area contributed by atoms with E-state index in [4.69, 9.17) is 14.6 Å². The molecule has 3 aromatic heterocycles. The third-order valence-corrected chi connectivity index (χ3v) is 7.90. The molecule has 2 N–H and O–H groups in total. The molecular weight excluding hydrogens is 474 g/mol. The Bertz CT molecular complexity index is 1260. The molecule has 2 saturated heterocycles. The fraction of sp³-hybridized carbons (Fsp3) is 0.615. The minimum absolute atomic E-state index is 0.0260. The van der Waals surface area contributed by atoms with Crippen molar-refractivity contribution < 1.29 is 19.4 Å². The van der Waals surface area contributed by atoms with E-state index in [0.29, 0.717) is 44.8 Å². The maximum Gasteiger partial charge on any atom is 0.241 e. The van der Waals surface area contributed by atoms with Gasteiger partial charge in [-0.05, 0) is 38.7 Å². The van der Waals surface area contributed by atoms with Gasteiger partial charge in [-0.2, -0.15) is 5.10 Å². The van der Waals surface area contributed by atoms with Crippen molar-refractivity contribution >= 4 is 17.4 Å². The van der Waals surface area contributed by atoms with Gasteiger partial charge in [-0.1, -0.05) is 0 Å². The van der Waals surface area contributed by atoms with Gasteiger partial charge in [0.15, 0.2) is 0 Å². The van der Waals surface area contributed by atoms with Gasteiger partial charge in [0.1, 0.15) is 0 Å². The van der Waals surface area contributed by atoms with Crippen LogP contribution in [-0.2, 0) is 14.3 Å². The molecule has 1 saturated carbocycles. The lowest BCUT2D eigenvalue weighted by atomic mass is 9.85. The Kier molecular flexibility index (Phi) is 6.60. The normalized spacial score (nSPS) is 23.6. The molecule has 3 aliphatic rings. The molecule has 11 nitrogen and oxygen atoms in total. The first-order valence-electron chi connectivity index (χ1n) is 13.2. The van der Waals surface area contributed by atoms with Crippen molar-refractivity contribution in [3.8, 4) is 11.1 Å². The van der Waals surface area contributed by atoms with E-state index in [2.05, 4.69) is 27.7 Å². The number of carbonyl (C=O) groups is 1. The number of hydrogen-bond acceptors (Lipinski definition) is 8. The van der Waals surface area contributed by atoms with Gasteiger partial charge >= 0.3 is 0 Å². The lowest BCUT2D eigenvalue weighted by molar-refractivity contribution is -0.155. The minimum atomic E-state index is -0.215. The summed E-state index contributed by atoms with van der Waals surface area (Å²) in [6.45, 7) is 5.04. The number of nitrogens with zero attached hydrogens (tertiary/aromatic N) is 6. The quantitative estimate of drug-likeness (QED) is 0.474. The molecule has 198 valence electrons. The molecule has 0 unspecified atom stereocenters. The van der Waals surface area contributed by atoms with Crippen LogP contribution in [0.25, 0.3) is 16.6 Å². The highest BCUT2D eigenvalue weighted by atomic mass is 16.5. The molecule has 11 heteroatoms. The van der Waals surface area contributed by atoms with Crippen LogP contribution in [0, 0.1) is 5.92 Å². The molecule has 5 heterocycles. The lowest BCUT2D eigenvalue weighted by Crippen LogP contribution is -2.55. The summed E-state index contributed by atoms with van der Waals surface area (Å²) in [6.07, 6.45) is 9.07. The number of nitrogens with one attached hydrogen (secondary N) is 1. The number of aromatic nitrogens is 5. The molecule has 1 amide bonds. The number of rotatable bonds is 8. The second kappa shape index (κ2) is 10.0. The van der Waals surface area contributed by atoms with Crippen LogP contribution in [0.15, 0.2) is 24.7 Å². The fourth-order valence-corrected chi connectivity index (χ4v) is 5.60. The summed E-state index contributed by atoms with van der Waals surface area (Å²) in [4.78, 5) is 18.9. The molecule has 1 aliphatic carbocycles. The molecule has 37 heavy (non-hydrogen) atoms. The highest BCUT2D eigenvalue weighted by molar-refractivity contribution is 5.81. The van der Waals surface area contributed by atoms with Gasteiger partial charge in [-0.25, -0.2) is 9.50 Å². The number of hydrogen-bond donors (Lipinski definition) is 2. The van der Waals surface area contributed by atoms with E-state index in [-0.39, 0.29) is 30.0 Å². The number of anilines is 1. The predicted molar refractivity (Wildman–Crippen MR) is 136 cm³/mol. The topological polar surface area (TPSA) is 119 Å². The molecule has 0 bridgehead atoms. The average molecular weight is 510 g/mol. The SMILES string of the molecule is COC[C@H](C)Nc1ncc2c(-c3cnn(C4CN(C(=O)C5COC5)C4)c3)cc([C@H]3CC[C@H](O)CC3)n2n1. The summed E-state index contributed by atoms with van der Waals surface area (Å²) in [6, 6.07) is 2.47. The average Bonchev–Trinajstić information content (AvgIpc) is 3.42. The molecule has 3 aromatic rings. The van der Waals surface area contributed by atoms with Crippen LogP contribution in [0.1, 0.15) is 50.3 Å². The van der Waals surface area contributed by atoms with Gasteiger partial charge in [-0.3, -0.25) is 9.48 Å². The van der Waals surface area contributed by atoms with Crippen molar-refractivity contribution in [1.82, 2.24) is 29.3 Å². The maximum absolute atomic E-state index is 12.4. The first-order valence-corrected chi connectivity index (χ1v) is 13.2. The van der Waals surface area contributed by atoms with E-state index in [0.717, 1.165) is 48.0 Å². The Morgan fingerprint density at radius 3 is 2.73 bits per heavy atom. The number of likely N-dealkylation sites (tertiary alicyclic amines) is 1. The Morgan fingerprint density at radius 1 is 1.24 bits per heavy atom. The number of methoxy groups -OCH3 is 1. The Hall–Kier alpha value is -3.02. The largest absolute Gasteiger partial charge is 0.393 e. The third-order valence-electron chi connectivity index (χ3n) is 7.90. The Labute approximate surface area is 215 Å². The van der Waals surface area contributed by atoms with E-state index in [1.807, 2.05) is 33.4 Å². The van der Waals surface area contributed by atoms with Gasteiger partial charge in [0.25, 0.3) is 0 Å². The van der Waals surface area contributed by atoms with Crippen LogP contribution in [-0.4, -0.2) is 92.5 Å². The molecule has 0 radical (unpaired) electrons. The van der Waals surface area contributed by atoms with E-state index in [1.165, 1.54) is 0 Å². The van der Waals surface area contributed by atoms with Crippen LogP contribution >= 0.6 is 0 Å². The van der Waals surface area contributed by atoms with E-state index < -0.39 is 0 Å². The minimum Gasteiger partial charge on any atom is -0.393 e. The third kappa shape index (κ3) is 4.71. The molecule has 1 atom stereocenters. The number of aliphatic hydroxyl groups excluding tert-OH is 1. The van der Waals surface area contributed by atoms with Crippen LogP contribution in [0.4, 0.5) is 5.95 Å². The molecule has 0 aromatic carbocycles. The van der Waals surface area contributed by atoms with E-state index in [9.17, 15) is 9.90 Å². The van der Waals surface area contributed by atoms with Gasteiger partial charge in [0.05, 0.1) is 55.8 Å². The smallest absolute Gasteiger partial charge is 0.241 e. The van der Waals surface area contributed by atoms with Gasteiger partial charge in [-0.15, -0.1) is 5.10 Å². The van der Waals surface area contributed by atoms with E-state index in [1.54, 1.807) is 7.11 Å². The van der Waals surface area contributed by atoms with Crippen LogP contribution in [0.3, 0.4) is 0 Å². The number of carbonyl (C=O) groups excluding carboxylic acids is 1. The zero-order valence-corrected chi connectivity index (χ0v) is 21.4. The van der Waals surface area contributed by atoms with Crippen molar-refractivity contribution in [3.63, 3.8) is 0 Å². The molecule has 0 spiro atoms. The van der Waals surface area contributed by atoms with Crippen LogP contribution < -0.4 is 5.32 Å². The van der Waals surface area contributed by atoms with Crippen molar-refractivity contribution in [2.75, 3.05) is 45.3 Å². The number of amides is 1. The van der Waals surface area contributed by atoms with Gasteiger partial charge in [0, 0.05) is 55.2 Å². The summed E-state index contributed by atoms with van der Waals surface area (Å²) < 4.78 is 14.4. The number of fused-ring (bicyclic) bond motifs is 1. The highest BCUT2D eigenvalue weighted by Gasteiger charge is 2.38. The Morgan fingerprint density at radius 2 is 2.03 bits per heavy atom. The first kappa shape index (κ1) is 24.3. The van der Waals surface area contributed by atoms with Crippen molar-refractivity contribution in [1.29, 1.82) is 0 Å². The Balaban J connectivity index is 1.26. The van der Waals surface area contributed by atoms with Crippen LogP contribution in [0.2, 0.25) is 0 Å². The standard InChI is InChI=1S/C26H35N7O4/c1-16(13-36-2)29-26-27-9-24-22(7-23(33(24)30-26)17-3-5-21(34)6-4-17)18-8-28-32(10-18)20-11-31(12-20)25(35)19-14-37-15-19/h7-10,16-17,19-21,34H,3-6,11-15H2,1-2H3,(H,29,30)/t16-,17-,21-/m0/s1. The maximum atomic E-state index is 12.4. The molecule has 3 fully saturated rings. The van der Waals surface area contributed by atoms with Crippen molar-refractivity contribution in [2.24, 2.45) is 5.92 Å². The van der Waals surface area contributed by atoms with E-state index >= 15 is 0 Å². The zero-order valence-electron chi connectivity index (χ0n) is 21.4. The highest BCUT2D eigenvalue weighted by Crippen LogP contribution is 2.38. The van der Waals surface area contributed by atoms with Gasteiger partial charge < -0.3 is 24.8 Å². The monoisotopic (exact) mass is 509 g/mol. The summed E-state index contributed by atoms with van der Waals surface area (Å²) in [5, 5.41) is 22.9. The number of ether oxygens (including phenoxy) is 2. The van der Waals surface area contributed by atoms with Gasteiger partial charge in [0.2, 0.25) is 11.9 Å². The number of aliphatic hydroxyl groups is 1. The summed E-state index contributed by atoms with van der Waals surface area (Å²) in [7, 11) is 1.68. The molecule has 2 aliphatic heterocycles. The molecular formula is C26H35N7O4. The second-order valence-corrected chi connectivity index (χ2v) is 10.7. The zero-order chi connectivity index (χ0) is 25.5. The summed E-state index contributed by atoms with van der Waals surface area (Å²) >= 11 is 0. The van der Waals surface area contributed by atoms with Crippen molar-refractivity contribution in [2.45, 2.75) is 56.7 Å². The van der Waals surface area contributed by atoms with Crippen LogP contribution in [0.5, 0.6) is 0 Å². The summed E-state index contributed by atoms with van der Waals surface area (Å²) in [5.41, 5.74) is 4.12.